The molecule has 0 bridgehead atoms. The standard InChI is InChI=1S/C15H21NO3/c1-11(12-7-5-4-6-8-12)16-13(9-10-14(16)17)15(18-2)19-3/h4-8,11,13,15H,9-10H2,1-3H3/t11-,13-/m0/s1. The fraction of sp³-hybridized carbons (Fsp3) is 0.533. The van der Waals surface area contributed by atoms with Crippen molar-refractivity contribution in [3.8, 4) is 0 Å². The van der Waals surface area contributed by atoms with Crippen molar-refractivity contribution in [2.24, 2.45) is 0 Å². The first kappa shape index (κ1) is 14.0. The summed E-state index contributed by atoms with van der Waals surface area (Å²) >= 11 is 0. The van der Waals surface area contributed by atoms with Crippen LogP contribution in [0.5, 0.6) is 0 Å². The van der Waals surface area contributed by atoms with E-state index < -0.39 is 0 Å². The second-order valence-corrected chi connectivity index (χ2v) is 4.83. The molecule has 0 unspecified atom stereocenters. The fourth-order valence-electron chi connectivity index (χ4n) is 2.80. The molecule has 1 aliphatic rings. The smallest absolute Gasteiger partial charge is 0.223 e. The van der Waals surface area contributed by atoms with Gasteiger partial charge in [0, 0.05) is 20.6 Å². The Morgan fingerprint density at radius 1 is 1.21 bits per heavy atom. The van der Waals surface area contributed by atoms with Gasteiger partial charge >= 0.3 is 0 Å². The van der Waals surface area contributed by atoms with Crippen LogP contribution >= 0.6 is 0 Å². The lowest BCUT2D eigenvalue weighted by molar-refractivity contribution is -0.157. The molecule has 1 saturated heterocycles. The minimum Gasteiger partial charge on any atom is -0.354 e. The predicted octanol–water partition coefficient (Wildman–Crippen LogP) is 2.36. The Morgan fingerprint density at radius 2 is 1.84 bits per heavy atom. The highest BCUT2D eigenvalue weighted by Gasteiger charge is 2.39. The topological polar surface area (TPSA) is 38.8 Å². The van der Waals surface area contributed by atoms with E-state index in [1.807, 2.05) is 42.2 Å². The second-order valence-electron chi connectivity index (χ2n) is 4.83. The molecule has 0 aliphatic carbocycles. The van der Waals surface area contributed by atoms with E-state index in [9.17, 15) is 4.79 Å². The molecule has 1 fully saturated rings. The molecule has 1 heterocycles. The van der Waals surface area contributed by atoms with Gasteiger partial charge in [-0.25, -0.2) is 0 Å². The van der Waals surface area contributed by atoms with Crippen LogP contribution in [0, 0.1) is 0 Å². The minimum atomic E-state index is -0.363. The molecule has 1 aromatic rings. The number of carbonyl (C=O) groups excluding carboxylic acids is 1. The van der Waals surface area contributed by atoms with Crippen molar-refractivity contribution in [2.45, 2.75) is 38.1 Å². The molecule has 2 atom stereocenters. The Bertz CT molecular complexity index is 417. The van der Waals surface area contributed by atoms with Gasteiger partial charge in [0.2, 0.25) is 5.91 Å². The SMILES string of the molecule is COC(OC)[C@@H]1CCC(=O)N1[C@@H](C)c1ccccc1. The van der Waals surface area contributed by atoms with Crippen LogP contribution in [0.2, 0.25) is 0 Å². The highest BCUT2D eigenvalue weighted by atomic mass is 16.7. The third-order valence-corrected chi connectivity index (χ3v) is 3.78. The molecule has 2 rings (SSSR count). The number of methoxy groups -OCH3 is 2. The maximum absolute atomic E-state index is 12.2. The highest BCUT2D eigenvalue weighted by molar-refractivity contribution is 5.79. The molecule has 0 radical (unpaired) electrons. The van der Waals surface area contributed by atoms with Crippen molar-refractivity contribution in [1.29, 1.82) is 0 Å². The average molecular weight is 263 g/mol. The number of benzene rings is 1. The number of hydrogen-bond donors (Lipinski definition) is 0. The molecular weight excluding hydrogens is 242 g/mol. The molecule has 104 valence electrons. The Labute approximate surface area is 114 Å². The molecule has 0 saturated carbocycles. The molecular formula is C15H21NO3. The van der Waals surface area contributed by atoms with Gasteiger partial charge in [0.25, 0.3) is 0 Å². The van der Waals surface area contributed by atoms with E-state index in [1.165, 1.54) is 0 Å². The molecule has 19 heavy (non-hydrogen) atoms. The van der Waals surface area contributed by atoms with Crippen molar-refractivity contribution in [3.05, 3.63) is 35.9 Å². The summed E-state index contributed by atoms with van der Waals surface area (Å²) in [6.07, 6.45) is 0.977. The van der Waals surface area contributed by atoms with E-state index in [2.05, 4.69) is 0 Å². The maximum Gasteiger partial charge on any atom is 0.223 e. The number of rotatable bonds is 5. The van der Waals surface area contributed by atoms with Gasteiger partial charge in [-0.05, 0) is 18.9 Å². The highest BCUT2D eigenvalue weighted by Crippen LogP contribution is 2.32. The van der Waals surface area contributed by atoms with Crippen LogP contribution in [0.25, 0.3) is 0 Å². The van der Waals surface area contributed by atoms with E-state index in [4.69, 9.17) is 9.47 Å². The Hall–Kier alpha value is -1.39. The van der Waals surface area contributed by atoms with Gasteiger partial charge in [-0.1, -0.05) is 30.3 Å². The molecule has 1 aliphatic heterocycles. The molecule has 4 nitrogen and oxygen atoms in total. The Kier molecular flexibility index (Phi) is 4.56. The summed E-state index contributed by atoms with van der Waals surface area (Å²) in [5.74, 6) is 0.167. The molecule has 0 spiro atoms. The normalized spacial score (nSPS) is 21.2. The number of nitrogens with zero attached hydrogens (tertiary/aromatic N) is 1. The molecule has 1 aromatic carbocycles. The summed E-state index contributed by atoms with van der Waals surface area (Å²) in [5, 5.41) is 0. The number of likely N-dealkylation sites (tertiary alicyclic amines) is 1. The van der Waals surface area contributed by atoms with Gasteiger partial charge in [-0.2, -0.15) is 0 Å². The van der Waals surface area contributed by atoms with Crippen molar-refractivity contribution >= 4 is 5.91 Å². The van der Waals surface area contributed by atoms with Crippen LogP contribution in [0.15, 0.2) is 30.3 Å². The number of hydrogen-bond acceptors (Lipinski definition) is 3. The molecule has 0 aromatic heterocycles. The lowest BCUT2D eigenvalue weighted by Gasteiger charge is -2.34. The summed E-state index contributed by atoms with van der Waals surface area (Å²) in [6, 6.07) is 10.1. The van der Waals surface area contributed by atoms with Gasteiger partial charge in [0.15, 0.2) is 6.29 Å². The average Bonchev–Trinajstić information content (AvgIpc) is 2.82. The van der Waals surface area contributed by atoms with E-state index in [-0.39, 0.29) is 24.3 Å². The van der Waals surface area contributed by atoms with Crippen LogP contribution in [0.4, 0.5) is 0 Å². The van der Waals surface area contributed by atoms with Crippen molar-refractivity contribution in [1.82, 2.24) is 4.90 Å². The van der Waals surface area contributed by atoms with Crippen LogP contribution in [0.3, 0.4) is 0 Å². The molecule has 4 heteroatoms. The number of amides is 1. The van der Waals surface area contributed by atoms with Crippen LogP contribution < -0.4 is 0 Å². The van der Waals surface area contributed by atoms with Crippen molar-refractivity contribution in [2.75, 3.05) is 14.2 Å². The minimum absolute atomic E-state index is 0.0160. The van der Waals surface area contributed by atoms with E-state index >= 15 is 0 Å². The largest absolute Gasteiger partial charge is 0.354 e. The van der Waals surface area contributed by atoms with E-state index in [0.29, 0.717) is 6.42 Å². The quantitative estimate of drug-likeness (QED) is 0.765. The lowest BCUT2D eigenvalue weighted by Crippen LogP contribution is -2.44. The van der Waals surface area contributed by atoms with Crippen LogP contribution in [-0.4, -0.2) is 37.4 Å². The summed E-state index contributed by atoms with van der Waals surface area (Å²) in [4.78, 5) is 14.0. The lowest BCUT2D eigenvalue weighted by atomic mass is 10.1. The Balaban J connectivity index is 2.22. The zero-order chi connectivity index (χ0) is 13.8. The van der Waals surface area contributed by atoms with Crippen molar-refractivity contribution < 1.29 is 14.3 Å². The predicted molar refractivity (Wildman–Crippen MR) is 72.5 cm³/mol. The zero-order valence-electron chi connectivity index (χ0n) is 11.7. The molecule has 0 N–H and O–H groups in total. The third kappa shape index (κ3) is 2.80. The zero-order valence-corrected chi connectivity index (χ0v) is 11.7. The second kappa shape index (κ2) is 6.17. The molecule has 1 amide bonds. The third-order valence-electron chi connectivity index (χ3n) is 3.78. The van der Waals surface area contributed by atoms with E-state index in [0.717, 1.165) is 12.0 Å². The summed E-state index contributed by atoms with van der Waals surface area (Å²) in [6.45, 7) is 2.05. The van der Waals surface area contributed by atoms with Gasteiger partial charge in [-0.15, -0.1) is 0 Å². The summed E-state index contributed by atoms with van der Waals surface area (Å²) in [7, 11) is 3.23. The number of carbonyl (C=O) groups is 1. The van der Waals surface area contributed by atoms with Gasteiger partial charge < -0.3 is 14.4 Å². The number of ether oxygens (including phenoxy) is 2. The van der Waals surface area contributed by atoms with Gasteiger partial charge in [0.05, 0.1) is 12.1 Å². The first-order valence-electron chi connectivity index (χ1n) is 6.60. The fourth-order valence-corrected chi connectivity index (χ4v) is 2.80. The van der Waals surface area contributed by atoms with Crippen LogP contribution in [-0.2, 0) is 14.3 Å². The van der Waals surface area contributed by atoms with Crippen LogP contribution in [0.1, 0.15) is 31.4 Å². The van der Waals surface area contributed by atoms with Crippen molar-refractivity contribution in [3.63, 3.8) is 0 Å². The van der Waals surface area contributed by atoms with E-state index in [1.54, 1.807) is 14.2 Å². The first-order chi connectivity index (χ1) is 9.19. The van der Waals surface area contributed by atoms with Gasteiger partial charge in [0.1, 0.15) is 0 Å². The first-order valence-corrected chi connectivity index (χ1v) is 6.60. The Morgan fingerprint density at radius 3 is 2.42 bits per heavy atom. The summed E-state index contributed by atoms with van der Waals surface area (Å²) in [5.41, 5.74) is 1.13. The maximum atomic E-state index is 12.2. The van der Waals surface area contributed by atoms with Gasteiger partial charge in [-0.3, -0.25) is 4.79 Å². The monoisotopic (exact) mass is 263 g/mol. The summed E-state index contributed by atoms with van der Waals surface area (Å²) < 4.78 is 10.7.